The van der Waals surface area contributed by atoms with Crippen molar-refractivity contribution in [2.75, 3.05) is 0 Å². The first-order chi connectivity index (χ1) is 10.7. The van der Waals surface area contributed by atoms with Gasteiger partial charge in [-0.1, -0.05) is 54.1 Å². The van der Waals surface area contributed by atoms with Crippen LogP contribution in [-0.4, -0.2) is 11.9 Å². The van der Waals surface area contributed by atoms with Crippen LogP contribution >= 0.6 is 11.6 Å². The minimum atomic E-state index is -0.398. The molecule has 1 aliphatic rings. The van der Waals surface area contributed by atoms with Crippen LogP contribution < -0.4 is 0 Å². The first kappa shape index (κ1) is 14.5. The fourth-order valence-electron chi connectivity index (χ4n) is 2.21. The normalized spacial score (nSPS) is 15.8. The molecular formula is C18H14ClNO2. The van der Waals surface area contributed by atoms with E-state index in [-0.39, 0.29) is 0 Å². The standard InChI is InChI=1S/C18H14ClNO2/c19-15-8-4-7-14(11-15)9-10-17-20-16(18(21)22-17)12-13-5-2-1-3-6-13/h1-8,11-12H,9-10H2/b16-12+. The summed E-state index contributed by atoms with van der Waals surface area (Å²) in [4.78, 5) is 16.1. The molecule has 0 amide bonds. The first-order valence-electron chi connectivity index (χ1n) is 7.02. The SMILES string of the molecule is O=C1OC(CCc2cccc(Cl)c2)=N/C1=C/c1ccccc1. The molecule has 0 radical (unpaired) electrons. The Labute approximate surface area is 133 Å². The number of carbonyl (C=O) groups is 1. The van der Waals surface area contributed by atoms with Crippen molar-refractivity contribution in [3.05, 3.63) is 76.4 Å². The van der Waals surface area contributed by atoms with E-state index in [0.29, 0.717) is 23.0 Å². The lowest BCUT2D eigenvalue weighted by atomic mass is 10.1. The van der Waals surface area contributed by atoms with Crippen LogP contribution in [0.1, 0.15) is 17.5 Å². The van der Waals surface area contributed by atoms with Crippen molar-refractivity contribution in [2.24, 2.45) is 4.99 Å². The monoisotopic (exact) mass is 311 g/mol. The summed E-state index contributed by atoms with van der Waals surface area (Å²) in [5, 5.41) is 0.701. The van der Waals surface area contributed by atoms with Gasteiger partial charge in [0.15, 0.2) is 11.6 Å². The summed E-state index contributed by atoms with van der Waals surface area (Å²) in [6, 6.07) is 17.2. The van der Waals surface area contributed by atoms with Crippen LogP contribution in [0.4, 0.5) is 0 Å². The highest BCUT2D eigenvalue weighted by Gasteiger charge is 2.22. The maximum absolute atomic E-state index is 11.8. The molecule has 0 N–H and O–H groups in total. The van der Waals surface area contributed by atoms with E-state index in [4.69, 9.17) is 16.3 Å². The Morgan fingerprint density at radius 2 is 1.86 bits per heavy atom. The molecule has 0 atom stereocenters. The number of halogens is 1. The van der Waals surface area contributed by atoms with Crippen molar-refractivity contribution >= 4 is 29.5 Å². The summed E-state index contributed by atoms with van der Waals surface area (Å²) in [6.07, 6.45) is 3.03. The summed E-state index contributed by atoms with van der Waals surface area (Å²) >= 11 is 5.95. The van der Waals surface area contributed by atoms with Gasteiger partial charge < -0.3 is 4.74 Å². The highest BCUT2D eigenvalue weighted by Crippen LogP contribution is 2.18. The molecule has 3 nitrogen and oxygen atoms in total. The van der Waals surface area contributed by atoms with Gasteiger partial charge >= 0.3 is 5.97 Å². The van der Waals surface area contributed by atoms with E-state index in [1.807, 2.05) is 54.6 Å². The Hall–Kier alpha value is -2.39. The molecule has 0 saturated heterocycles. The Morgan fingerprint density at radius 1 is 1.05 bits per heavy atom. The third-order valence-corrected chi connectivity index (χ3v) is 3.52. The molecule has 1 heterocycles. The number of hydrogen-bond donors (Lipinski definition) is 0. The molecule has 0 unspecified atom stereocenters. The van der Waals surface area contributed by atoms with E-state index in [1.165, 1.54) is 0 Å². The van der Waals surface area contributed by atoms with Crippen molar-refractivity contribution in [1.82, 2.24) is 0 Å². The quantitative estimate of drug-likeness (QED) is 0.625. The molecule has 22 heavy (non-hydrogen) atoms. The van der Waals surface area contributed by atoms with E-state index in [1.54, 1.807) is 6.08 Å². The fraction of sp³-hybridized carbons (Fsp3) is 0.111. The molecule has 0 saturated carbocycles. The first-order valence-corrected chi connectivity index (χ1v) is 7.39. The van der Waals surface area contributed by atoms with Gasteiger partial charge in [-0.05, 0) is 35.8 Å². The van der Waals surface area contributed by atoms with Crippen LogP contribution in [0.2, 0.25) is 5.02 Å². The maximum Gasteiger partial charge on any atom is 0.363 e. The van der Waals surface area contributed by atoms with Crippen LogP contribution in [0.25, 0.3) is 6.08 Å². The zero-order chi connectivity index (χ0) is 15.4. The minimum absolute atomic E-state index is 0.340. The number of rotatable bonds is 4. The molecule has 1 aliphatic heterocycles. The van der Waals surface area contributed by atoms with Gasteiger partial charge in [0.2, 0.25) is 0 Å². The fourth-order valence-corrected chi connectivity index (χ4v) is 2.42. The average molecular weight is 312 g/mol. The van der Waals surface area contributed by atoms with Gasteiger partial charge in [-0.2, -0.15) is 0 Å². The number of carbonyl (C=O) groups excluding carboxylic acids is 1. The van der Waals surface area contributed by atoms with Crippen molar-refractivity contribution in [2.45, 2.75) is 12.8 Å². The Morgan fingerprint density at radius 3 is 2.64 bits per heavy atom. The number of esters is 1. The molecule has 4 heteroatoms. The predicted molar refractivity (Wildman–Crippen MR) is 87.7 cm³/mol. The van der Waals surface area contributed by atoms with E-state index in [9.17, 15) is 4.79 Å². The molecule has 2 aromatic carbocycles. The van der Waals surface area contributed by atoms with Gasteiger partial charge in [-0.3, -0.25) is 0 Å². The second-order valence-electron chi connectivity index (χ2n) is 4.97. The predicted octanol–water partition coefficient (Wildman–Crippen LogP) is 4.27. The van der Waals surface area contributed by atoms with Gasteiger partial charge in [0.05, 0.1) is 0 Å². The molecule has 0 aromatic heterocycles. The molecule has 110 valence electrons. The third-order valence-electron chi connectivity index (χ3n) is 3.28. The van der Waals surface area contributed by atoms with Crippen LogP contribution in [0.3, 0.4) is 0 Å². The van der Waals surface area contributed by atoms with Crippen LogP contribution in [0, 0.1) is 0 Å². The van der Waals surface area contributed by atoms with E-state index in [2.05, 4.69) is 4.99 Å². The number of benzene rings is 2. The lowest BCUT2D eigenvalue weighted by molar-refractivity contribution is -0.130. The van der Waals surface area contributed by atoms with Gasteiger partial charge in [-0.25, -0.2) is 9.79 Å². The van der Waals surface area contributed by atoms with E-state index >= 15 is 0 Å². The maximum atomic E-state index is 11.8. The highest BCUT2D eigenvalue weighted by molar-refractivity contribution is 6.30. The smallest absolute Gasteiger partial charge is 0.363 e. The van der Waals surface area contributed by atoms with Crippen molar-refractivity contribution in [3.8, 4) is 0 Å². The molecule has 2 aromatic rings. The number of cyclic esters (lactones) is 1. The molecular weight excluding hydrogens is 298 g/mol. The van der Waals surface area contributed by atoms with Crippen LogP contribution in [0.5, 0.6) is 0 Å². The van der Waals surface area contributed by atoms with E-state index in [0.717, 1.165) is 17.5 Å². The second kappa shape index (κ2) is 6.58. The molecule has 3 rings (SSSR count). The number of aliphatic imine (C=N–C) groups is 1. The van der Waals surface area contributed by atoms with Gasteiger partial charge in [0.25, 0.3) is 0 Å². The summed E-state index contributed by atoms with van der Waals surface area (Å²) in [7, 11) is 0. The van der Waals surface area contributed by atoms with Crippen molar-refractivity contribution in [1.29, 1.82) is 0 Å². The van der Waals surface area contributed by atoms with Crippen molar-refractivity contribution < 1.29 is 9.53 Å². The third kappa shape index (κ3) is 3.62. The topological polar surface area (TPSA) is 38.7 Å². The van der Waals surface area contributed by atoms with Crippen LogP contribution in [-0.2, 0) is 16.0 Å². The summed E-state index contributed by atoms with van der Waals surface area (Å²) in [5.41, 5.74) is 2.35. The van der Waals surface area contributed by atoms with Gasteiger partial charge in [0, 0.05) is 11.4 Å². The second-order valence-corrected chi connectivity index (χ2v) is 5.40. The van der Waals surface area contributed by atoms with Gasteiger partial charge in [-0.15, -0.1) is 0 Å². The highest BCUT2D eigenvalue weighted by atomic mass is 35.5. The lowest BCUT2D eigenvalue weighted by Gasteiger charge is -2.01. The lowest BCUT2D eigenvalue weighted by Crippen LogP contribution is -2.05. The molecule has 0 aliphatic carbocycles. The minimum Gasteiger partial charge on any atom is -0.407 e. The summed E-state index contributed by atoms with van der Waals surface area (Å²) in [6.45, 7) is 0. The molecule has 0 fully saturated rings. The number of aryl methyl sites for hydroxylation is 1. The number of hydrogen-bond acceptors (Lipinski definition) is 3. The largest absolute Gasteiger partial charge is 0.407 e. The molecule has 0 spiro atoms. The van der Waals surface area contributed by atoms with E-state index < -0.39 is 5.97 Å². The zero-order valence-electron chi connectivity index (χ0n) is 11.8. The van der Waals surface area contributed by atoms with Gasteiger partial charge in [0.1, 0.15) is 0 Å². The number of nitrogens with zero attached hydrogens (tertiary/aromatic N) is 1. The Balaban J connectivity index is 1.69. The summed E-state index contributed by atoms with van der Waals surface area (Å²) in [5.74, 6) is 0.0529. The Kier molecular flexibility index (Phi) is 4.35. The Bertz CT molecular complexity index is 751. The number of ether oxygens (including phenoxy) is 1. The van der Waals surface area contributed by atoms with Crippen LogP contribution in [0.15, 0.2) is 65.3 Å². The summed E-state index contributed by atoms with van der Waals surface area (Å²) < 4.78 is 5.21. The molecule has 0 bridgehead atoms. The zero-order valence-corrected chi connectivity index (χ0v) is 12.6. The average Bonchev–Trinajstić information content (AvgIpc) is 2.87. The van der Waals surface area contributed by atoms with Crippen molar-refractivity contribution in [3.63, 3.8) is 0 Å².